The maximum atomic E-state index is 10.1. The molecule has 0 spiro atoms. The van der Waals surface area contributed by atoms with Crippen molar-refractivity contribution in [2.45, 2.75) is 44.5 Å². The lowest BCUT2D eigenvalue weighted by atomic mass is 9.92. The fourth-order valence-electron chi connectivity index (χ4n) is 2.22. The van der Waals surface area contributed by atoms with Crippen molar-refractivity contribution in [3.63, 3.8) is 0 Å². The Hall–Kier alpha value is -1.06. The minimum absolute atomic E-state index is 0.00912. The fourth-order valence-corrected chi connectivity index (χ4v) is 2.22. The van der Waals surface area contributed by atoms with Crippen LogP contribution in [0.25, 0.3) is 0 Å². The molecule has 94 valence electrons. The Balaban J connectivity index is 2.12. The van der Waals surface area contributed by atoms with E-state index in [9.17, 15) is 5.11 Å². The van der Waals surface area contributed by atoms with E-state index in [1.807, 2.05) is 38.1 Å². The van der Waals surface area contributed by atoms with Gasteiger partial charge in [-0.05, 0) is 19.9 Å². The summed E-state index contributed by atoms with van der Waals surface area (Å²) in [4.78, 5) is 0. The van der Waals surface area contributed by atoms with E-state index in [1.54, 1.807) is 7.11 Å². The molecule has 1 aliphatic heterocycles. The highest BCUT2D eigenvalue weighted by Crippen LogP contribution is 2.36. The molecule has 1 aromatic carbocycles. The minimum atomic E-state index is -0.433. The molecule has 1 N–H and O–H groups in total. The molecule has 0 aliphatic carbocycles. The van der Waals surface area contributed by atoms with Crippen LogP contribution in [0.15, 0.2) is 24.3 Å². The lowest BCUT2D eigenvalue weighted by Gasteiger charge is -2.34. The van der Waals surface area contributed by atoms with Gasteiger partial charge in [-0.3, -0.25) is 0 Å². The zero-order chi connectivity index (χ0) is 12.5. The third-order valence-corrected chi connectivity index (χ3v) is 3.33. The average Bonchev–Trinajstić information content (AvgIpc) is 2.28. The Bertz CT molecular complexity index is 387. The summed E-state index contributed by atoms with van der Waals surface area (Å²) in [6.45, 7) is 4.06. The molecule has 1 aliphatic rings. The molecule has 0 saturated heterocycles. The Morgan fingerprint density at radius 3 is 2.82 bits per heavy atom. The first-order valence-electron chi connectivity index (χ1n) is 6.00. The van der Waals surface area contributed by atoms with Gasteiger partial charge in [0.15, 0.2) is 0 Å². The van der Waals surface area contributed by atoms with E-state index in [-0.39, 0.29) is 11.7 Å². The Labute approximate surface area is 102 Å². The molecule has 1 aromatic rings. The van der Waals surface area contributed by atoms with E-state index in [0.29, 0.717) is 6.42 Å². The standard InChI is InChI=1S/C14H20O3/c1-14(2,16-3)9-10-8-12(15)11-6-4-5-7-13(11)17-10/h4-7,10,12,15H,8-9H2,1-3H3/t10?,12-/m0/s1. The Kier molecular flexibility index (Phi) is 3.40. The summed E-state index contributed by atoms with van der Waals surface area (Å²) in [7, 11) is 1.70. The number of aliphatic hydroxyl groups is 1. The van der Waals surface area contributed by atoms with Gasteiger partial charge in [0, 0.05) is 25.5 Å². The number of benzene rings is 1. The Morgan fingerprint density at radius 1 is 1.41 bits per heavy atom. The van der Waals surface area contributed by atoms with Crippen molar-refractivity contribution in [2.75, 3.05) is 7.11 Å². The minimum Gasteiger partial charge on any atom is -0.490 e. The smallest absolute Gasteiger partial charge is 0.125 e. The first kappa shape index (κ1) is 12.4. The van der Waals surface area contributed by atoms with Crippen LogP contribution in [0, 0.1) is 0 Å². The molecule has 0 radical (unpaired) electrons. The molecule has 0 bridgehead atoms. The van der Waals surface area contributed by atoms with Crippen LogP contribution >= 0.6 is 0 Å². The summed E-state index contributed by atoms with van der Waals surface area (Å²) < 4.78 is 11.3. The van der Waals surface area contributed by atoms with Crippen molar-refractivity contribution in [2.24, 2.45) is 0 Å². The lowest BCUT2D eigenvalue weighted by Crippen LogP contribution is -2.35. The monoisotopic (exact) mass is 236 g/mol. The molecule has 2 rings (SSSR count). The molecular formula is C14H20O3. The molecule has 0 saturated carbocycles. The second-order valence-corrected chi connectivity index (χ2v) is 5.20. The molecule has 0 amide bonds. The molecule has 0 aromatic heterocycles. The molecule has 3 nitrogen and oxygen atoms in total. The van der Waals surface area contributed by atoms with Crippen LogP contribution in [0.2, 0.25) is 0 Å². The number of fused-ring (bicyclic) bond motifs is 1. The van der Waals surface area contributed by atoms with Gasteiger partial charge in [-0.15, -0.1) is 0 Å². The second kappa shape index (κ2) is 4.67. The van der Waals surface area contributed by atoms with Crippen LogP contribution in [0.4, 0.5) is 0 Å². The van der Waals surface area contributed by atoms with Crippen molar-refractivity contribution in [1.82, 2.24) is 0 Å². The maximum Gasteiger partial charge on any atom is 0.125 e. The zero-order valence-corrected chi connectivity index (χ0v) is 10.6. The van der Waals surface area contributed by atoms with Crippen molar-refractivity contribution >= 4 is 0 Å². The number of hydrogen-bond donors (Lipinski definition) is 1. The van der Waals surface area contributed by atoms with Crippen molar-refractivity contribution in [1.29, 1.82) is 0 Å². The van der Waals surface area contributed by atoms with E-state index >= 15 is 0 Å². The molecule has 17 heavy (non-hydrogen) atoms. The summed E-state index contributed by atoms with van der Waals surface area (Å²) in [5.74, 6) is 0.795. The van der Waals surface area contributed by atoms with Gasteiger partial charge in [-0.25, -0.2) is 0 Å². The van der Waals surface area contributed by atoms with Gasteiger partial charge >= 0.3 is 0 Å². The predicted molar refractivity (Wildman–Crippen MR) is 66.1 cm³/mol. The van der Waals surface area contributed by atoms with Crippen molar-refractivity contribution in [3.05, 3.63) is 29.8 Å². The molecule has 3 heteroatoms. The SMILES string of the molecule is COC(C)(C)CC1C[C@H](O)c2ccccc2O1. The van der Waals surface area contributed by atoms with Crippen LogP contribution in [0.5, 0.6) is 5.75 Å². The topological polar surface area (TPSA) is 38.7 Å². The van der Waals surface area contributed by atoms with E-state index in [1.165, 1.54) is 0 Å². The average molecular weight is 236 g/mol. The molecule has 2 atom stereocenters. The van der Waals surface area contributed by atoms with Crippen molar-refractivity contribution < 1.29 is 14.6 Å². The summed E-state index contributed by atoms with van der Waals surface area (Å²) in [6, 6.07) is 7.67. The van der Waals surface area contributed by atoms with E-state index in [2.05, 4.69) is 0 Å². The van der Waals surface area contributed by atoms with Crippen LogP contribution in [0.3, 0.4) is 0 Å². The Morgan fingerprint density at radius 2 is 2.12 bits per heavy atom. The molecule has 1 unspecified atom stereocenters. The van der Waals surface area contributed by atoms with Gasteiger partial charge in [-0.2, -0.15) is 0 Å². The van der Waals surface area contributed by atoms with Crippen molar-refractivity contribution in [3.8, 4) is 5.75 Å². The maximum absolute atomic E-state index is 10.1. The predicted octanol–water partition coefficient (Wildman–Crippen LogP) is 2.69. The summed E-state index contributed by atoms with van der Waals surface area (Å²) in [5, 5.41) is 10.1. The van der Waals surface area contributed by atoms with E-state index in [4.69, 9.17) is 9.47 Å². The van der Waals surface area contributed by atoms with Crippen LogP contribution in [0.1, 0.15) is 38.4 Å². The first-order chi connectivity index (χ1) is 8.02. The van der Waals surface area contributed by atoms with Crippen LogP contribution in [-0.4, -0.2) is 23.9 Å². The number of methoxy groups -OCH3 is 1. The number of hydrogen-bond acceptors (Lipinski definition) is 3. The van der Waals surface area contributed by atoms with Gasteiger partial charge in [0.05, 0.1) is 11.7 Å². The molecule has 0 fully saturated rings. The summed E-state index contributed by atoms with van der Waals surface area (Å²) in [6.07, 6.45) is 0.978. The highest BCUT2D eigenvalue weighted by Gasteiger charge is 2.31. The number of para-hydroxylation sites is 1. The normalized spacial score (nSPS) is 24.0. The van der Waals surface area contributed by atoms with Crippen LogP contribution < -0.4 is 4.74 Å². The summed E-state index contributed by atoms with van der Waals surface area (Å²) >= 11 is 0. The summed E-state index contributed by atoms with van der Waals surface area (Å²) in [5.41, 5.74) is 0.662. The number of aliphatic hydroxyl groups excluding tert-OH is 1. The third-order valence-electron chi connectivity index (χ3n) is 3.33. The van der Waals surface area contributed by atoms with Gasteiger partial charge in [0.1, 0.15) is 11.9 Å². The van der Waals surface area contributed by atoms with E-state index < -0.39 is 6.10 Å². The van der Waals surface area contributed by atoms with Gasteiger partial charge < -0.3 is 14.6 Å². The third kappa shape index (κ3) is 2.79. The van der Waals surface area contributed by atoms with Crippen LogP contribution in [-0.2, 0) is 4.74 Å². The number of rotatable bonds is 3. The highest BCUT2D eigenvalue weighted by molar-refractivity contribution is 5.36. The molecular weight excluding hydrogens is 216 g/mol. The van der Waals surface area contributed by atoms with Gasteiger partial charge in [0.25, 0.3) is 0 Å². The largest absolute Gasteiger partial charge is 0.490 e. The highest BCUT2D eigenvalue weighted by atomic mass is 16.5. The quantitative estimate of drug-likeness (QED) is 0.877. The molecule has 1 heterocycles. The fraction of sp³-hybridized carbons (Fsp3) is 0.571. The van der Waals surface area contributed by atoms with Gasteiger partial charge in [0.2, 0.25) is 0 Å². The van der Waals surface area contributed by atoms with E-state index in [0.717, 1.165) is 17.7 Å². The first-order valence-corrected chi connectivity index (χ1v) is 6.00. The second-order valence-electron chi connectivity index (χ2n) is 5.20. The number of ether oxygens (including phenoxy) is 2. The lowest BCUT2D eigenvalue weighted by molar-refractivity contribution is -0.0311. The van der Waals surface area contributed by atoms with Gasteiger partial charge in [-0.1, -0.05) is 18.2 Å². The zero-order valence-electron chi connectivity index (χ0n) is 10.6.